The first-order valence-electron chi connectivity index (χ1n) is 5.97. The molecule has 0 aromatic rings. The van der Waals surface area contributed by atoms with Gasteiger partial charge in [0.25, 0.3) is 0 Å². The molecule has 0 saturated heterocycles. The predicted octanol–water partition coefficient (Wildman–Crippen LogP) is 1.07. The predicted molar refractivity (Wildman–Crippen MR) is 67.5 cm³/mol. The van der Waals surface area contributed by atoms with Crippen LogP contribution >= 0.6 is 0 Å². The van der Waals surface area contributed by atoms with Crippen molar-refractivity contribution in [3.63, 3.8) is 0 Å². The average molecular weight is 251 g/mol. The van der Waals surface area contributed by atoms with E-state index >= 15 is 0 Å². The lowest BCUT2D eigenvalue weighted by atomic mass is 10.2. The number of hydrogen-bond acceptors (Lipinski definition) is 4. The Hall–Kier alpha value is -0.130. The molecule has 0 aliphatic carbocycles. The van der Waals surface area contributed by atoms with Crippen molar-refractivity contribution in [3.05, 3.63) is 0 Å². The van der Waals surface area contributed by atoms with Crippen molar-refractivity contribution >= 4 is 9.84 Å². The quantitative estimate of drug-likeness (QED) is 0.590. The van der Waals surface area contributed by atoms with Crippen LogP contribution in [0.25, 0.3) is 0 Å². The molecule has 0 saturated carbocycles. The van der Waals surface area contributed by atoms with Crippen molar-refractivity contribution in [2.75, 3.05) is 37.8 Å². The molecule has 5 heteroatoms. The topological polar surface area (TPSA) is 55.4 Å². The van der Waals surface area contributed by atoms with Crippen LogP contribution < -0.4 is 5.32 Å². The lowest BCUT2D eigenvalue weighted by molar-refractivity contribution is 0.108. The van der Waals surface area contributed by atoms with Crippen molar-refractivity contribution in [2.24, 2.45) is 5.92 Å². The van der Waals surface area contributed by atoms with Crippen molar-refractivity contribution in [3.8, 4) is 0 Å². The summed E-state index contributed by atoms with van der Waals surface area (Å²) in [6.07, 6.45) is 0.929. The highest BCUT2D eigenvalue weighted by molar-refractivity contribution is 7.91. The Labute approximate surface area is 99.7 Å². The van der Waals surface area contributed by atoms with Gasteiger partial charge >= 0.3 is 0 Å². The fourth-order valence-electron chi connectivity index (χ4n) is 1.12. The first-order valence-corrected chi connectivity index (χ1v) is 7.79. The molecule has 0 aromatic carbocycles. The molecule has 0 spiro atoms. The second-order valence-corrected chi connectivity index (χ2v) is 6.78. The monoisotopic (exact) mass is 251 g/mol. The smallest absolute Gasteiger partial charge is 0.151 e. The first kappa shape index (κ1) is 15.9. The van der Waals surface area contributed by atoms with E-state index < -0.39 is 9.84 Å². The zero-order chi connectivity index (χ0) is 12.4. The SMILES string of the molecule is CCS(=O)(=O)CCNCCCOCC(C)C. The van der Waals surface area contributed by atoms with E-state index in [0.29, 0.717) is 12.5 Å². The van der Waals surface area contributed by atoms with Gasteiger partial charge in [0.1, 0.15) is 0 Å². The lowest BCUT2D eigenvalue weighted by Crippen LogP contribution is -2.25. The normalized spacial score (nSPS) is 12.2. The zero-order valence-electron chi connectivity index (χ0n) is 10.7. The maximum absolute atomic E-state index is 11.1. The van der Waals surface area contributed by atoms with E-state index in [0.717, 1.165) is 26.2 Å². The average Bonchev–Trinajstić information content (AvgIpc) is 2.21. The van der Waals surface area contributed by atoms with Gasteiger partial charge in [-0.1, -0.05) is 20.8 Å². The molecule has 0 aliphatic heterocycles. The van der Waals surface area contributed by atoms with Gasteiger partial charge in [-0.2, -0.15) is 0 Å². The van der Waals surface area contributed by atoms with Crippen molar-refractivity contribution in [2.45, 2.75) is 27.2 Å². The number of ether oxygens (including phenoxy) is 1. The van der Waals surface area contributed by atoms with Gasteiger partial charge in [-0.25, -0.2) is 8.42 Å². The third-order valence-corrected chi connectivity index (χ3v) is 3.83. The summed E-state index contributed by atoms with van der Waals surface area (Å²) >= 11 is 0. The molecule has 0 atom stereocenters. The molecule has 98 valence electrons. The van der Waals surface area contributed by atoms with Gasteiger partial charge in [-0.05, 0) is 18.9 Å². The van der Waals surface area contributed by atoms with E-state index in [1.807, 2.05) is 0 Å². The van der Waals surface area contributed by atoms with Gasteiger partial charge < -0.3 is 10.1 Å². The molecule has 0 aromatic heterocycles. The maximum Gasteiger partial charge on any atom is 0.151 e. The number of sulfone groups is 1. The van der Waals surface area contributed by atoms with E-state index in [9.17, 15) is 8.42 Å². The van der Waals surface area contributed by atoms with E-state index in [1.165, 1.54) is 0 Å². The van der Waals surface area contributed by atoms with Crippen LogP contribution in [0, 0.1) is 5.92 Å². The molecule has 0 amide bonds. The van der Waals surface area contributed by atoms with Crippen LogP contribution in [-0.2, 0) is 14.6 Å². The highest BCUT2D eigenvalue weighted by atomic mass is 32.2. The molecule has 4 nitrogen and oxygen atoms in total. The summed E-state index contributed by atoms with van der Waals surface area (Å²) in [5.41, 5.74) is 0. The molecule has 0 heterocycles. The van der Waals surface area contributed by atoms with Crippen molar-refractivity contribution in [1.82, 2.24) is 5.32 Å². The minimum absolute atomic E-state index is 0.228. The van der Waals surface area contributed by atoms with Crippen LogP contribution in [0.3, 0.4) is 0 Å². The summed E-state index contributed by atoms with van der Waals surface area (Å²) in [4.78, 5) is 0. The molecule has 0 rings (SSSR count). The second kappa shape index (κ2) is 8.96. The van der Waals surface area contributed by atoms with E-state index in [-0.39, 0.29) is 11.5 Å². The van der Waals surface area contributed by atoms with Crippen molar-refractivity contribution < 1.29 is 13.2 Å². The number of rotatable bonds is 10. The lowest BCUT2D eigenvalue weighted by Gasteiger charge is -2.07. The Kier molecular flexibility index (Phi) is 8.89. The van der Waals surface area contributed by atoms with Crippen LogP contribution in [0.4, 0.5) is 0 Å². The highest BCUT2D eigenvalue weighted by Gasteiger charge is 2.05. The van der Waals surface area contributed by atoms with E-state index in [4.69, 9.17) is 4.74 Å². The fourth-order valence-corrected chi connectivity index (χ4v) is 1.86. The highest BCUT2D eigenvalue weighted by Crippen LogP contribution is 1.93. The van der Waals surface area contributed by atoms with E-state index in [1.54, 1.807) is 6.92 Å². The molecule has 0 unspecified atom stereocenters. The summed E-state index contributed by atoms with van der Waals surface area (Å²) in [5, 5.41) is 3.10. The summed E-state index contributed by atoms with van der Waals surface area (Å²) in [6.45, 7) is 8.81. The van der Waals surface area contributed by atoms with Gasteiger partial charge in [0.15, 0.2) is 9.84 Å². The van der Waals surface area contributed by atoms with Gasteiger partial charge in [-0.3, -0.25) is 0 Å². The molecule has 0 fully saturated rings. The van der Waals surface area contributed by atoms with Gasteiger partial charge in [0.05, 0.1) is 5.75 Å². The van der Waals surface area contributed by atoms with Crippen molar-refractivity contribution in [1.29, 1.82) is 0 Å². The fraction of sp³-hybridized carbons (Fsp3) is 1.00. The third-order valence-electron chi connectivity index (χ3n) is 2.12. The minimum atomic E-state index is -2.82. The van der Waals surface area contributed by atoms with Crippen LogP contribution in [0.5, 0.6) is 0 Å². The Morgan fingerprint density at radius 2 is 1.94 bits per heavy atom. The van der Waals surface area contributed by atoms with Crippen LogP contribution in [0.15, 0.2) is 0 Å². The summed E-state index contributed by atoms with van der Waals surface area (Å²) < 4.78 is 27.7. The number of hydrogen-bond donors (Lipinski definition) is 1. The maximum atomic E-state index is 11.1. The molecule has 0 aliphatic rings. The van der Waals surface area contributed by atoms with Crippen LogP contribution in [0.1, 0.15) is 27.2 Å². The summed E-state index contributed by atoms with van der Waals surface area (Å²) in [7, 11) is -2.82. The van der Waals surface area contributed by atoms with Crippen LogP contribution in [0.2, 0.25) is 0 Å². The van der Waals surface area contributed by atoms with Gasteiger partial charge in [0, 0.05) is 25.5 Å². The molecule has 1 N–H and O–H groups in total. The minimum Gasteiger partial charge on any atom is -0.381 e. The Morgan fingerprint density at radius 1 is 1.25 bits per heavy atom. The third kappa shape index (κ3) is 10.4. The Bertz CT molecular complexity index is 250. The zero-order valence-corrected chi connectivity index (χ0v) is 11.5. The summed E-state index contributed by atoms with van der Waals surface area (Å²) in [6, 6.07) is 0. The molecular weight excluding hydrogens is 226 g/mol. The van der Waals surface area contributed by atoms with Gasteiger partial charge in [0.2, 0.25) is 0 Å². The summed E-state index contributed by atoms with van der Waals surface area (Å²) in [5.74, 6) is 1.03. The first-order chi connectivity index (χ1) is 7.48. The van der Waals surface area contributed by atoms with E-state index in [2.05, 4.69) is 19.2 Å². The van der Waals surface area contributed by atoms with Gasteiger partial charge in [-0.15, -0.1) is 0 Å². The largest absolute Gasteiger partial charge is 0.381 e. The molecule has 0 radical (unpaired) electrons. The molecule has 0 bridgehead atoms. The Morgan fingerprint density at radius 3 is 2.50 bits per heavy atom. The molecular formula is C11H25NO3S. The standard InChI is InChI=1S/C11H25NO3S/c1-4-16(13,14)9-7-12-6-5-8-15-10-11(2)3/h11-12H,4-10H2,1-3H3. The number of nitrogens with one attached hydrogen (secondary N) is 1. The van der Waals surface area contributed by atoms with Crippen LogP contribution in [-0.4, -0.2) is 46.2 Å². The second-order valence-electron chi connectivity index (χ2n) is 4.31. The Balaban J connectivity index is 3.22. The molecule has 16 heavy (non-hydrogen) atoms.